The molecule has 150 valence electrons. The lowest BCUT2D eigenvalue weighted by Crippen LogP contribution is -2.39. The molecular weight excluding hydrogens is 370 g/mol. The highest BCUT2D eigenvalue weighted by atomic mass is 19.3. The molecule has 3 N–H and O–H groups in total. The van der Waals surface area contributed by atoms with Gasteiger partial charge in [0.1, 0.15) is 17.2 Å². The van der Waals surface area contributed by atoms with Gasteiger partial charge in [-0.1, -0.05) is 0 Å². The van der Waals surface area contributed by atoms with Crippen LogP contribution < -0.4 is 15.4 Å². The number of anilines is 1. The number of hydrogen-bond acceptors (Lipinski definition) is 7. The molecule has 7 nitrogen and oxygen atoms in total. The molecule has 2 aliphatic rings. The number of nitrogens with one attached hydrogen (secondary N) is 2. The number of benzene rings is 1. The molecule has 4 rings (SSSR count). The Morgan fingerprint density at radius 1 is 1.29 bits per heavy atom. The molecule has 0 saturated carbocycles. The SMILES string of the molecule is Oc1cc(OC(F)F)ccc1-c1nnc(N[C@@H]2CCCNC2)c2c1COCC2. The largest absolute Gasteiger partial charge is 0.507 e. The molecule has 0 spiro atoms. The Morgan fingerprint density at radius 2 is 2.18 bits per heavy atom. The smallest absolute Gasteiger partial charge is 0.387 e. The summed E-state index contributed by atoms with van der Waals surface area (Å²) in [6, 6.07) is 4.32. The van der Waals surface area contributed by atoms with Crippen LogP contribution in [-0.4, -0.2) is 47.7 Å². The monoisotopic (exact) mass is 392 g/mol. The van der Waals surface area contributed by atoms with Gasteiger partial charge in [0.25, 0.3) is 0 Å². The molecule has 0 radical (unpaired) electrons. The van der Waals surface area contributed by atoms with E-state index in [2.05, 4.69) is 25.6 Å². The summed E-state index contributed by atoms with van der Waals surface area (Å²) in [5.74, 6) is 0.433. The Morgan fingerprint density at radius 3 is 2.93 bits per heavy atom. The summed E-state index contributed by atoms with van der Waals surface area (Å²) >= 11 is 0. The first-order valence-electron chi connectivity index (χ1n) is 9.33. The van der Waals surface area contributed by atoms with Crippen LogP contribution in [0.4, 0.5) is 14.6 Å². The number of nitrogens with zero attached hydrogens (tertiary/aromatic N) is 2. The fraction of sp³-hybridized carbons (Fsp3) is 0.474. The molecule has 0 amide bonds. The van der Waals surface area contributed by atoms with Crippen LogP contribution in [0.1, 0.15) is 24.0 Å². The van der Waals surface area contributed by atoms with Crippen molar-refractivity contribution < 1.29 is 23.4 Å². The first-order valence-corrected chi connectivity index (χ1v) is 9.33. The number of aromatic nitrogens is 2. The maximum atomic E-state index is 12.4. The summed E-state index contributed by atoms with van der Waals surface area (Å²) in [6.45, 7) is -0.110. The number of hydrogen-bond donors (Lipinski definition) is 3. The number of phenolic OH excluding ortho intramolecular Hbond substituents is 1. The minimum atomic E-state index is -2.95. The summed E-state index contributed by atoms with van der Waals surface area (Å²) in [5, 5.41) is 25.9. The van der Waals surface area contributed by atoms with Crippen LogP contribution in [0.15, 0.2) is 18.2 Å². The highest BCUT2D eigenvalue weighted by molar-refractivity contribution is 5.73. The normalized spacial score (nSPS) is 19.3. The van der Waals surface area contributed by atoms with Crippen LogP contribution >= 0.6 is 0 Å². The fourth-order valence-electron chi connectivity index (χ4n) is 3.67. The van der Waals surface area contributed by atoms with Crippen molar-refractivity contribution in [3.05, 3.63) is 29.3 Å². The molecule has 1 aromatic heterocycles. The molecule has 9 heteroatoms. The summed E-state index contributed by atoms with van der Waals surface area (Å²) < 4.78 is 34.7. The molecular formula is C19H22F2N4O3. The van der Waals surface area contributed by atoms with Crippen molar-refractivity contribution >= 4 is 5.82 Å². The Hall–Kier alpha value is -2.52. The zero-order valence-electron chi connectivity index (χ0n) is 15.3. The summed E-state index contributed by atoms with van der Waals surface area (Å²) in [5.41, 5.74) is 2.77. The van der Waals surface area contributed by atoms with E-state index in [-0.39, 0.29) is 11.5 Å². The Labute approximate surface area is 161 Å². The highest BCUT2D eigenvalue weighted by Crippen LogP contribution is 2.37. The van der Waals surface area contributed by atoms with Crippen LogP contribution in [0.25, 0.3) is 11.3 Å². The first-order chi connectivity index (χ1) is 13.6. The van der Waals surface area contributed by atoms with Crippen LogP contribution in [-0.2, 0) is 17.8 Å². The Balaban J connectivity index is 1.66. The topological polar surface area (TPSA) is 88.5 Å². The van der Waals surface area contributed by atoms with E-state index in [4.69, 9.17) is 4.74 Å². The first kappa shape index (κ1) is 18.8. The highest BCUT2D eigenvalue weighted by Gasteiger charge is 2.24. The maximum Gasteiger partial charge on any atom is 0.387 e. The van der Waals surface area contributed by atoms with Gasteiger partial charge in [0, 0.05) is 35.3 Å². The third-order valence-electron chi connectivity index (χ3n) is 5.02. The maximum absolute atomic E-state index is 12.4. The van der Waals surface area contributed by atoms with E-state index in [0.29, 0.717) is 36.9 Å². The van der Waals surface area contributed by atoms with E-state index in [9.17, 15) is 13.9 Å². The molecule has 1 atom stereocenters. The summed E-state index contributed by atoms with van der Waals surface area (Å²) in [7, 11) is 0. The van der Waals surface area contributed by atoms with Gasteiger partial charge in [-0.2, -0.15) is 8.78 Å². The molecule has 3 heterocycles. The zero-order valence-corrected chi connectivity index (χ0v) is 15.3. The van der Waals surface area contributed by atoms with E-state index in [1.54, 1.807) is 0 Å². The van der Waals surface area contributed by atoms with E-state index in [0.717, 1.165) is 48.9 Å². The van der Waals surface area contributed by atoms with E-state index in [1.807, 2.05) is 0 Å². The van der Waals surface area contributed by atoms with Gasteiger partial charge in [-0.25, -0.2) is 0 Å². The lowest BCUT2D eigenvalue weighted by atomic mass is 9.97. The number of halogens is 2. The number of rotatable bonds is 5. The number of ether oxygens (including phenoxy) is 2. The second kappa shape index (κ2) is 8.24. The molecule has 0 bridgehead atoms. The lowest BCUT2D eigenvalue weighted by molar-refractivity contribution is -0.0499. The predicted octanol–water partition coefficient (Wildman–Crippen LogP) is 2.69. The van der Waals surface area contributed by atoms with Crippen LogP contribution in [0.2, 0.25) is 0 Å². The van der Waals surface area contributed by atoms with E-state index < -0.39 is 6.61 Å². The van der Waals surface area contributed by atoms with Crippen LogP contribution in [0.5, 0.6) is 11.5 Å². The number of piperidine rings is 1. The molecule has 0 aliphatic carbocycles. The average molecular weight is 392 g/mol. The van der Waals surface area contributed by atoms with E-state index in [1.165, 1.54) is 12.1 Å². The van der Waals surface area contributed by atoms with Crippen molar-refractivity contribution in [2.75, 3.05) is 25.0 Å². The van der Waals surface area contributed by atoms with E-state index >= 15 is 0 Å². The quantitative estimate of drug-likeness (QED) is 0.721. The molecule has 1 saturated heterocycles. The second-order valence-corrected chi connectivity index (χ2v) is 6.90. The van der Waals surface area contributed by atoms with Gasteiger partial charge >= 0.3 is 6.61 Å². The minimum Gasteiger partial charge on any atom is -0.507 e. The van der Waals surface area contributed by atoms with Gasteiger partial charge in [0.15, 0.2) is 5.82 Å². The van der Waals surface area contributed by atoms with Gasteiger partial charge < -0.3 is 25.2 Å². The zero-order chi connectivity index (χ0) is 19.5. The number of alkyl halides is 2. The summed E-state index contributed by atoms with van der Waals surface area (Å²) in [6.07, 6.45) is 2.86. The molecule has 1 fully saturated rings. The molecule has 28 heavy (non-hydrogen) atoms. The van der Waals surface area contributed by atoms with Gasteiger partial charge in [0.05, 0.1) is 13.2 Å². The lowest BCUT2D eigenvalue weighted by Gasteiger charge is -2.27. The molecule has 0 unspecified atom stereocenters. The van der Waals surface area contributed by atoms with Gasteiger partial charge in [0.2, 0.25) is 0 Å². The van der Waals surface area contributed by atoms with Crippen molar-refractivity contribution in [3.63, 3.8) is 0 Å². The number of aromatic hydroxyl groups is 1. The van der Waals surface area contributed by atoms with Gasteiger partial charge in [-0.05, 0) is 37.9 Å². The van der Waals surface area contributed by atoms with Crippen molar-refractivity contribution in [3.8, 4) is 22.8 Å². The van der Waals surface area contributed by atoms with Crippen LogP contribution in [0.3, 0.4) is 0 Å². The van der Waals surface area contributed by atoms with Crippen molar-refractivity contribution in [2.45, 2.75) is 38.5 Å². The Kier molecular flexibility index (Phi) is 5.54. The van der Waals surface area contributed by atoms with Gasteiger partial charge in [-0.3, -0.25) is 0 Å². The van der Waals surface area contributed by atoms with Crippen molar-refractivity contribution in [2.24, 2.45) is 0 Å². The second-order valence-electron chi connectivity index (χ2n) is 6.90. The van der Waals surface area contributed by atoms with Crippen molar-refractivity contribution in [1.82, 2.24) is 15.5 Å². The molecule has 2 aromatic rings. The van der Waals surface area contributed by atoms with Crippen molar-refractivity contribution in [1.29, 1.82) is 0 Å². The third-order valence-corrected chi connectivity index (χ3v) is 5.02. The predicted molar refractivity (Wildman–Crippen MR) is 98.6 cm³/mol. The molecule has 2 aliphatic heterocycles. The summed E-state index contributed by atoms with van der Waals surface area (Å²) in [4.78, 5) is 0. The number of fused-ring (bicyclic) bond motifs is 1. The third kappa shape index (κ3) is 4.00. The molecule has 1 aromatic carbocycles. The standard InChI is InChI=1S/C19H22F2N4O3/c20-19(21)28-12-3-4-14(16(26)8-12)17-15-10-27-7-5-13(15)18(25-24-17)23-11-2-1-6-22-9-11/h3-4,8,11,19,22,26H,1-2,5-7,9-10H2,(H,23,25)/t11-/m1/s1. The van der Waals surface area contributed by atoms with Gasteiger partial charge in [-0.15, -0.1) is 10.2 Å². The van der Waals surface area contributed by atoms with Crippen LogP contribution in [0, 0.1) is 0 Å². The number of phenols is 1. The average Bonchev–Trinajstić information content (AvgIpc) is 2.69. The fourth-order valence-corrected chi connectivity index (χ4v) is 3.67. The minimum absolute atomic E-state index is 0.114. The Bertz CT molecular complexity index is 844.